The van der Waals surface area contributed by atoms with Gasteiger partial charge in [0.2, 0.25) is 0 Å². The number of nitrogens with one attached hydrogen (secondary N) is 1. The fourth-order valence-electron chi connectivity index (χ4n) is 1.30. The second kappa shape index (κ2) is 9.13. The van der Waals surface area contributed by atoms with Crippen LogP contribution in [0.3, 0.4) is 0 Å². The van der Waals surface area contributed by atoms with Crippen molar-refractivity contribution in [2.45, 2.75) is 32.3 Å². The minimum atomic E-state index is -0.741. The topological polar surface area (TPSA) is 117 Å². The summed E-state index contributed by atoms with van der Waals surface area (Å²) in [6.07, 6.45) is 0.318. The average molecular weight is 290 g/mol. The Labute approximate surface area is 117 Å². The van der Waals surface area contributed by atoms with Gasteiger partial charge in [-0.1, -0.05) is 0 Å². The van der Waals surface area contributed by atoms with Crippen molar-refractivity contribution in [3.63, 3.8) is 0 Å². The maximum Gasteiger partial charge on any atom is 0.408 e. The van der Waals surface area contributed by atoms with Crippen LogP contribution in [0.5, 0.6) is 0 Å². The predicted molar refractivity (Wildman–Crippen MR) is 69.8 cm³/mol. The summed E-state index contributed by atoms with van der Waals surface area (Å²) in [5.74, 6) is -1.03. The Morgan fingerprint density at radius 3 is 2.40 bits per heavy atom. The molecule has 0 saturated heterocycles. The highest BCUT2D eigenvalue weighted by Gasteiger charge is 2.23. The van der Waals surface area contributed by atoms with Gasteiger partial charge >= 0.3 is 18.0 Å². The first-order valence-corrected chi connectivity index (χ1v) is 6.20. The van der Waals surface area contributed by atoms with Gasteiger partial charge in [0.25, 0.3) is 0 Å². The zero-order valence-electron chi connectivity index (χ0n) is 12.1. The van der Waals surface area contributed by atoms with Gasteiger partial charge in [-0.25, -0.2) is 4.79 Å². The number of carbonyl (C=O) groups excluding carboxylic acids is 3. The highest BCUT2D eigenvalue weighted by Crippen LogP contribution is 2.16. The third kappa shape index (κ3) is 9.15. The minimum Gasteiger partial charge on any atom is -0.468 e. The zero-order chi connectivity index (χ0) is 15.6. The summed E-state index contributed by atoms with van der Waals surface area (Å²) in [6, 6.07) is 0. The monoisotopic (exact) mass is 290 g/mol. The summed E-state index contributed by atoms with van der Waals surface area (Å²) in [5.41, 5.74) is 4.34. The van der Waals surface area contributed by atoms with E-state index in [9.17, 15) is 14.4 Å². The summed E-state index contributed by atoms with van der Waals surface area (Å²) in [4.78, 5) is 33.1. The van der Waals surface area contributed by atoms with Crippen molar-refractivity contribution in [1.29, 1.82) is 0 Å². The standard InChI is InChI=1S/C12H22N2O6/c1-12(2,5-4-6-19-9(15)7-13)20-11(17)14-8-10(16)18-3/h4-8,13H2,1-3H3,(H,14,17). The lowest BCUT2D eigenvalue weighted by Gasteiger charge is -2.25. The van der Waals surface area contributed by atoms with Crippen molar-refractivity contribution in [3.05, 3.63) is 0 Å². The van der Waals surface area contributed by atoms with Crippen LogP contribution in [0.2, 0.25) is 0 Å². The van der Waals surface area contributed by atoms with Gasteiger partial charge in [0, 0.05) is 0 Å². The molecule has 0 aliphatic rings. The Kier molecular flexibility index (Phi) is 8.30. The van der Waals surface area contributed by atoms with Gasteiger partial charge < -0.3 is 25.3 Å². The van der Waals surface area contributed by atoms with E-state index < -0.39 is 23.6 Å². The number of esters is 2. The molecule has 8 heteroatoms. The van der Waals surface area contributed by atoms with E-state index in [4.69, 9.17) is 15.2 Å². The van der Waals surface area contributed by atoms with Gasteiger partial charge in [-0.3, -0.25) is 9.59 Å². The number of carbonyl (C=O) groups is 3. The van der Waals surface area contributed by atoms with Crippen molar-refractivity contribution in [2.75, 3.05) is 26.8 Å². The van der Waals surface area contributed by atoms with Crippen molar-refractivity contribution in [3.8, 4) is 0 Å². The van der Waals surface area contributed by atoms with Gasteiger partial charge in [-0.15, -0.1) is 0 Å². The van der Waals surface area contributed by atoms with Gasteiger partial charge in [0.1, 0.15) is 12.1 Å². The smallest absolute Gasteiger partial charge is 0.408 e. The van der Waals surface area contributed by atoms with Crippen LogP contribution < -0.4 is 11.1 Å². The first-order chi connectivity index (χ1) is 9.30. The van der Waals surface area contributed by atoms with E-state index in [1.807, 2.05) is 0 Å². The summed E-state index contributed by atoms with van der Waals surface area (Å²) in [5, 5.41) is 2.27. The molecule has 0 unspecified atom stereocenters. The first-order valence-electron chi connectivity index (χ1n) is 6.20. The maximum absolute atomic E-state index is 11.4. The quantitative estimate of drug-likeness (QED) is 0.365. The summed E-state index contributed by atoms with van der Waals surface area (Å²) in [6.45, 7) is 3.24. The molecule has 3 N–H and O–H groups in total. The average Bonchev–Trinajstić information content (AvgIpc) is 2.40. The molecule has 0 saturated carbocycles. The number of hydrogen-bond acceptors (Lipinski definition) is 7. The molecule has 0 aliphatic heterocycles. The lowest BCUT2D eigenvalue weighted by Crippen LogP contribution is -2.37. The molecule has 0 heterocycles. The van der Waals surface area contributed by atoms with E-state index in [1.165, 1.54) is 7.11 Å². The Morgan fingerprint density at radius 2 is 1.85 bits per heavy atom. The minimum absolute atomic E-state index is 0.157. The predicted octanol–water partition coefficient (Wildman–Crippen LogP) is -0.0537. The molecule has 1 amide bonds. The van der Waals surface area contributed by atoms with Gasteiger partial charge in [0.05, 0.1) is 20.3 Å². The fourth-order valence-corrected chi connectivity index (χ4v) is 1.30. The molecule has 0 fully saturated rings. The van der Waals surface area contributed by atoms with Crippen LogP contribution in [-0.2, 0) is 23.8 Å². The highest BCUT2D eigenvalue weighted by atomic mass is 16.6. The normalized spacial score (nSPS) is 10.6. The van der Waals surface area contributed by atoms with Crippen LogP contribution in [0, 0.1) is 0 Å². The van der Waals surface area contributed by atoms with E-state index in [0.717, 1.165) is 0 Å². The molecular formula is C12H22N2O6. The van der Waals surface area contributed by atoms with E-state index in [0.29, 0.717) is 12.8 Å². The molecule has 116 valence electrons. The third-order valence-corrected chi connectivity index (χ3v) is 2.33. The number of rotatable bonds is 8. The summed E-state index contributed by atoms with van der Waals surface area (Å²) >= 11 is 0. The molecule has 20 heavy (non-hydrogen) atoms. The molecule has 0 aromatic rings. The lowest BCUT2D eigenvalue weighted by molar-refractivity contribution is -0.142. The van der Waals surface area contributed by atoms with Crippen LogP contribution in [0.25, 0.3) is 0 Å². The molecule has 0 aromatic carbocycles. The molecule has 0 aromatic heterocycles. The van der Waals surface area contributed by atoms with E-state index >= 15 is 0 Å². The summed E-state index contributed by atoms with van der Waals surface area (Å²) < 4.78 is 14.3. The van der Waals surface area contributed by atoms with Crippen LogP contribution >= 0.6 is 0 Å². The largest absolute Gasteiger partial charge is 0.468 e. The zero-order valence-corrected chi connectivity index (χ0v) is 12.1. The van der Waals surface area contributed by atoms with Gasteiger partial charge in [0.15, 0.2) is 0 Å². The molecule has 0 rings (SSSR count). The molecule has 0 bridgehead atoms. The maximum atomic E-state index is 11.4. The second-order valence-corrected chi connectivity index (χ2v) is 4.61. The highest BCUT2D eigenvalue weighted by molar-refractivity contribution is 5.77. The van der Waals surface area contributed by atoms with E-state index in [2.05, 4.69) is 10.1 Å². The number of nitrogens with two attached hydrogens (primary N) is 1. The van der Waals surface area contributed by atoms with E-state index in [-0.39, 0.29) is 19.7 Å². The number of hydrogen-bond donors (Lipinski definition) is 2. The Bertz CT molecular complexity index is 343. The van der Waals surface area contributed by atoms with Crippen LogP contribution in [0.1, 0.15) is 26.7 Å². The van der Waals surface area contributed by atoms with Crippen molar-refractivity contribution >= 4 is 18.0 Å². The molecular weight excluding hydrogens is 268 g/mol. The number of alkyl carbamates (subject to hydrolysis) is 1. The number of amides is 1. The van der Waals surface area contributed by atoms with Crippen molar-refractivity contribution in [2.24, 2.45) is 5.73 Å². The lowest BCUT2D eigenvalue weighted by atomic mass is 10.0. The molecule has 0 radical (unpaired) electrons. The third-order valence-electron chi connectivity index (χ3n) is 2.33. The second-order valence-electron chi connectivity index (χ2n) is 4.61. The molecule has 8 nitrogen and oxygen atoms in total. The van der Waals surface area contributed by atoms with Crippen molar-refractivity contribution < 1.29 is 28.6 Å². The fraction of sp³-hybridized carbons (Fsp3) is 0.750. The van der Waals surface area contributed by atoms with Crippen molar-refractivity contribution in [1.82, 2.24) is 5.32 Å². The summed E-state index contributed by atoms with van der Waals surface area (Å²) in [7, 11) is 1.22. The van der Waals surface area contributed by atoms with Crippen LogP contribution in [0.4, 0.5) is 4.79 Å². The van der Waals surface area contributed by atoms with Gasteiger partial charge in [-0.2, -0.15) is 0 Å². The van der Waals surface area contributed by atoms with Gasteiger partial charge in [-0.05, 0) is 26.7 Å². The molecule has 0 aliphatic carbocycles. The Balaban J connectivity index is 3.90. The number of ether oxygens (including phenoxy) is 3. The Morgan fingerprint density at radius 1 is 1.20 bits per heavy atom. The van der Waals surface area contributed by atoms with Crippen LogP contribution in [-0.4, -0.2) is 50.4 Å². The number of methoxy groups -OCH3 is 1. The Hall–Kier alpha value is -1.83. The molecule has 0 spiro atoms. The first kappa shape index (κ1) is 18.2. The van der Waals surface area contributed by atoms with E-state index in [1.54, 1.807) is 13.8 Å². The SMILES string of the molecule is COC(=O)CNC(=O)OC(C)(C)CCCOC(=O)CN. The van der Waals surface area contributed by atoms with Crippen LogP contribution in [0.15, 0.2) is 0 Å². The molecule has 0 atom stereocenters.